The molecule has 0 saturated heterocycles. The Hall–Kier alpha value is -3.37. The standard InChI is InChI=1S/C31H37N5O3S/c37-30(26-6-3-18-32-20-26)21-33-19-17-24-7-12-27(13-8-24)35-40-36(38)29-15-10-25(11-16-29)31-34-28(22-39-31)14-9-23-4-1-2-5-23/h3,6-8,10-13,15-16,18,20,22-23,30,33,35,37-38H,1-2,4-5,9,14,17,19,21H2. The van der Waals surface area contributed by atoms with Gasteiger partial charge in [-0.3, -0.25) is 10.2 Å². The molecule has 40 heavy (non-hydrogen) atoms. The number of hydrogen-bond acceptors (Lipinski definition) is 9. The number of pyridine rings is 1. The van der Waals surface area contributed by atoms with E-state index in [1.165, 1.54) is 37.7 Å². The van der Waals surface area contributed by atoms with Gasteiger partial charge >= 0.3 is 0 Å². The Kier molecular flexibility index (Phi) is 10.1. The topological polar surface area (TPSA) is 107 Å². The van der Waals surface area contributed by atoms with Gasteiger partial charge in [0.2, 0.25) is 5.89 Å². The van der Waals surface area contributed by atoms with Gasteiger partial charge in [-0.25, -0.2) is 4.98 Å². The predicted octanol–water partition coefficient (Wildman–Crippen LogP) is 6.60. The average Bonchev–Trinajstić information content (AvgIpc) is 3.71. The van der Waals surface area contributed by atoms with E-state index in [0.717, 1.165) is 64.4 Å². The van der Waals surface area contributed by atoms with Crippen molar-refractivity contribution in [2.75, 3.05) is 22.3 Å². The third kappa shape index (κ3) is 8.08. The van der Waals surface area contributed by atoms with Crippen molar-refractivity contribution in [3.63, 3.8) is 0 Å². The van der Waals surface area contributed by atoms with Crippen LogP contribution in [0.1, 0.15) is 55.0 Å². The zero-order valence-electron chi connectivity index (χ0n) is 22.6. The van der Waals surface area contributed by atoms with Gasteiger partial charge in [0.15, 0.2) is 0 Å². The number of anilines is 2. The number of hydrogen-bond donors (Lipinski definition) is 4. The first kappa shape index (κ1) is 28.2. The van der Waals surface area contributed by atoms with E-state index >= 15 is 0 Å². The van der Waals surface area contributed by atoms with Crippen LogP contribution < -0.4 is 14.5 Å². The van der Waals surface area contributed by atoms with Crippen molar-refractivity contribution >= 4 is 23.5 Å². The van der Waals surface area contributed by atoms with Crippen molar-refractivity contribution in [2.24, 2.45) is 5.92 Å². The smallest absolute Gasteiger partial charge is 0.226 e. The van der Waals surface area contributed by atoms with E-state index in [0.29, 0.717) is 18.1 Å². The van der Waals surface area contributed by atoms with Crippen molar-refractivity contribution in [1.29, 1.82) is 0 Å². The van der Waals surface area contributed by atoms with Crippen LogP contribution in [-0.4, -0.2) is 33.4 Å². The quantitative estimate of drug-likeness (QED) is 0.0772. The molecule has 0 amide bonds. The lowest BCUT2D eigenvalue weighted by Gasteiger charge is -2.16. The summed E-state index contributed by atoms with van der Waals surface area (Å²) in [5, 5.41) is 24.0. The van der Waals surface area contributed by atoms with Gasteiger partial charge in [0.25, 0.3) is 0 Å². The molecule has 1 unspecified atom stereocenters. The minimum Gasteiger partial charge on any atom is -0.444 e. The molecule has 0 bridgehead atoms. The number of aliphatic hydroxyl groups is 1. The monoisotopic (exact) mass is 559 g/mol. The molecule has 1 fully saturated rings. The van der Waals surface area contributed by atoms with Crippen LogP contribution in [0.3, 0.4) is 0 Å². The summed E-state index contributed by atoms with van der Waals surface area (Å²) in [7, 11) is 0. The predicted molar refractivity (Wildman–Crippen MR) is 160 cm³/mol. The number of oxazole rings is 1. The minimum absolute atomic E-state index is 0.481. The van der Waals surface area contributed by atoms with Gasteiger partial charge in [-0.2, -0.15) is 4.47 Å². The number of aliphatic hydroxyl groups excluding tert-OH is 1. The van der Waals surface area contributed by atoms with Gasteiger partial charge in [-0.15, -0.1) is 0 Å². The second-order valence-corrected chi connectivity index (χ2v) is 11.0. The van der Waals surface area contributed by atoms with Crippen molar-refractivity contribution in [1.82, 2.24) is 15.3 Å². The first-order valence-corrected chi connectivity index (χ1v) is 14.8. The Morgan fingerprint density at radius 2 is 1.82 bits per heavy atom. The lowest BCUT2D eigenvalue weighted by Crippen LogP contribution is -2.23. The third-order valence-corrected chi connectivity index (χ3v) is 8.08. The molecule has 1 aliphatic carbocycles. The SMILES string of the molecule is OC(CNCCc1ccc(NSN(O)c2ccc(-c3nc(CCC4CCCC4)co3)cc2)cc1)c1cccnc1. The molecule has 0 radical (unpaired) electrons. The van der Waals surface area contributed by atoms with Crippen LogP contribution in [-0.2, 0) is 12.8 Å². The summed E-state index contributed by atoms with van der Waals surface area (Å²) in [6, 6.07) is 19.3. The maximum absolute atomic E-state index is 10.5. The average molecular weight is 560 g/mol. The third-order valence-electron chi connectivity index (χ3n) is 7.37. The van der Waals surface area contributed by atoms with Crippen molar-refractivity contribution in [3.05, 3.63) is 96.1 Å². The number of rotatable bonds is 14. The highest BCUT2D eigenvalue weighted by Gasteiger charge is 2.16. The van der Waals surface area contributed by atoms with E-state index in [1.807, 2.05) is 48.5 Å². The second kappa shape index (κ2) is 14.3. The zero-order valence-corrected chi connectivity index (χ0v) is 23.4. The zero-order chi connectivity index (χ0) is 27.6. The Morgan fingerprint density at radius 3 is 2.58 bits per heavy atom. The van der Waals surface area contributed by atoms with E-state index in [2.05, 4.69) is 32.1 Å². The van der Waals surface area contributed by atoms with E-state index in [-0.39, 0.29) is 0 Å². The highest BCUT2D eigenvalue weighted by Crippen LogP contribution is 2.30. The lowest BCUT2D eigenvalue weighted by molar-refractivity contribution is 0.174. The molecule has 4 aromatic rings. The Bertz CT molecular complexity index is 1290. The normalized spacial score (nSPS) is 14.3. The van der Waals surface area contributed by atoms with Crippen molar-refractivity contribution in [2.45, 2.75) is 51.0 Å². The Morgan fingerprint density at radius 1 is 1.02 bits per heavy atom. The molecule has 5 rings (SSSR count). The fourth-order valence-corrected chi connectivity index (χ4v) is 5.54. The summed E-state index contributed by atoms with van der Waals surface area (Å²) in [5.74, 6) is 1.45. The number of benzene rings is 2. The van der Waals surface area contributed by atoms with Gasteiger partial charge in [0, 0.05) is 35.8 Å². The summed E-state index contributed by atoms with van der Waals surface area (Å²) in [5.41, 5.74) is 5.42. The van der Waals surface area contributed by atoms with Crippen molar-refractivity contribution < 1.29 is 14.7 Å². The van der Waals surface area contributed by atoms with E-state index < -0.39 is 6.10 Å². The molecule has 210 valence electrons. The molecule has 0 aliphatic heterocycles. The molecule has 1 aliphatic rings. The molecule has 0 spiro atoms. The molecule has 2 heterocycles. The Labute approximate surface area is 240 Å². The number of nitrogens with zero attached hydrogens (tertiary/aromatic N) is 3. The van der Waals surface area contributed by atoms with Gasteiger partial charge in [-0.05, 0) is 79.8 Å². The number of nitrogens with one attached hydrogen (secondary N) is 2. The summed E-state index contributed by atoms with van der Waals surface area (Å²) < 4.78 is 9.98. The molecular formula is C31H37N5O3S. The van der Waals surface area contributed by atoms with Crippen LogP contribution in [0.25, 0.3) is 11.5 Å². The summed E-state index contributed by atoms with van der Waals surface area (Å²) >= 11 is 1.09. The molecule has 1 saturated carbocycles. The first-order valence-electron chi connectivity index (χ1n) is 14.0. The summed E-state index contributed by atoms with van der Waals surface area (Å²) in [6.45, 7) is 1.24. The van der Waals surface area contributed by atoms with E-state index in [1.54, 1.807) is 18.7 Å². The molecule has 4 N–H and O–H groups in total. The van der Waals surface area contributed by atoms with Crippen LogP contribution >= 0.6 is 12.1 Å². The summed E-state index contributed by atoms with van der Waals surface area (Å²) in [4.78, 5) is 8.71. The Balaban J connectivity index is 1.02. The highest BCUT2D eigenvalue weighted by atomic mass is 32.2. The first-order chi connectivity index (χ1) is 19.6. The maximum atomic E-state index is 10.5. The van der Waals surface area contributed by atoms with Gasteiger partial charge < -0.3 is 19.6 Å². The molecule has 8 nitrogen and oxygen atoms in total. The molecule has 2 aromatic heterocycles. The largest absolute Gasteiger partial charge is 0.444 e. The van der Waals surface area contributed by atoms with E-state index in [4.69, 9.17) is 4.42 Å². The van der Waals surface area contributed by atoms with E-state index in [9.17, 15) is 10.3 Å². The van der Waals surface area contributed by atoms with Crippen molar-refractivity contribution in [3.8, 4) is 11.5 Å². The fourth-order valence-electron chi connectivity index (χ4n) is 4.99. The van der Waals surface area contributed by atoms with Gasteiger partial charge in [-0.1, -0.05) is 43.9 Å². The fraction of sp³-hybridized carbons (Fsp3) is 0.355. The van der Waals surface area contributed by atoms with Gasteiger partial charge in [0.05, 0.1) is 29.6 Å². The molecular weight excluding hydrogens is 522 g/mol. The maximum Gasteiger partial charge on any atom is 0.226 e. The van der Waals surface area contributed by atoms with Crippen LogP contribution in [0.4, 0.5) is 11.4 Å². The van der Waals surface area contributed by atoms with Crippen LogP contribution in [0.15, 0.2) is 83.7 Å². The lowest BCUT2D eigenvalue weighted by atomic mass is 10.0. The highest BCUT2D eigenvalue weighted by molar-refractivity contribution is 8.01. The van der Waals surface area contributed by atoms with Crippen LogP contribution in [0, 0.1) is 5.92 Å². The number of aryl methyl sites for hydroxylation is 1. The second-order valence-electron chi connectivity index (χ2n) is 10.3. The number of aromatic nitrogens is 2. The minimum atomic E-state index is -0.569. The molecule has 1 atom stereocenters. The summed E-state index contributed by atoms with van der Waals surface area (Å²) in [6.07, 6.45) is 13.0. The molecule has 2 aromatic carbocycles. The van der Waals surface area contributed by atoms with Crippen LogP contribution in [0.2, 0.25) is 0 Å². The van der Waals surface area contributed by atoms with Crippen LogP contribution in [0.5, 0.6) is 0 Å². The van der Waals surface area contributed by atoms with Gasteiger partial charge in [0.1, 0.15) is 6.26 Å². The molecule has 9 heteroatoms.